The zero-order valence-electron chi connectivity index (χ0n) is 9.53. The lowest BCUT2D eigenvalue weighted by molar-refractivity contribution is 0.170. The summed E-state index contributed by atoms with van der Waals surface area (Å²) in [6, 6.07) is 2.05. The summed E-state index contributed by atoms with van der Waals surface area (Å²) in [5, 5.41) is 12.1. The van der Waals surface area contributed by atoms with Gasteiger partial charge in [-0.15, -0.1) is 0 Å². The summed E-state index contributed by atoms with van der Waals surface area (Å²) in [4.78, 5) is 4.25. The lowest BCUT2D eigenvalue weighted by atomic mass is 10.2. The number of aliphatic hydroxyl groups excluding tert-OH is 1. The van der Waals surface area contributed by atoms with Crippen LogP contribution < -0.4 is 5.32 Å². The molecule has 90 valence electrons. The van der Waals surface area contributed by atoms with Gasteiger partial charge in [-0.25, -0.2) is 4.98 Å². The number of hydrogen-bond donors (Lipinski definition) is 2. The highest BCUT2D eigenvalue weighted by molar-refractivity contribution is 9.10. The van der Waals surface area contributed by atoms with Crippen LogP contribution in [0.25, 0.3) is 0 Å². The van der Waals surface area contributed by atoms with Gasteiger partial charge in [-0.05, 0) is 40.9 Å². The Morgan fingerprint density at radius 2 is 2.38 bits per heavy atom. The van der Waals surface area contributed by atoms with Crippen molar-refractivity contribution < 1.29 is 9.84 Å². The van der Waals surface area contributed by atoms with Crippen molar-refractivity contribution in [3.63, 3.8) is 0 Å². The summed E-state index contributed by atoms with van der Waals surface area (Å²) in [5.74, 6) is 0.802. The summed E-state index contributed by atoms with van der Waals surface area (Å²) in [6.45, 7) is 2.70. The van der Waals surface area contributed by atoms with Gasteiger partial charge in [0.1, 0.15) is 5.82 Å². The van der Waals surface area contributed by atoms with Crippen LogP contribution in [-0.4, -0.2) is 36.5 Å². The third-order valence-electron chi connectivity index (χ3n) is 2.24. The summed E-state index contributed by atoms with van der Waals surface area (Å²) in [7, 11) is 1.65. The molecule has 5 heteroatoms. The van der Waals surface area contributed by atoms with E-state index in [1.54, 1.807) is 13.3 Å². The molecule has 1 aromatic heterocycles. The molecule has 0 fully saturated rings. The molecule has 0 spiro atoms. The van der Waals surface area contributed by atoms with E-state index >= 15 is 0 Å². The molecule has 0 aliphatic carbocycles. The van der Waals surface area contributed by atoms with E-state index in [1.165, 1.54) is 0 Å². The molecule has 4 nitrogen and oxygen atoms in total. The van der Waals surface area contributed by atoms with Crippen molar-refractivity contribution in [3.05, 3.63) is 22.3 Å². The molecule has 0 aliphatic rings. The van der Waals surface area contributed by atoms with Crippen LogP contribution >= 0.6 is 15.9 Å². The Labute approximate surface area is 104 Å². The monoisotopic (exact) mass is 288 g/mol. The molecular formula is C11H17BrN2O2. The van der Waals surface area contributed by atoms with Crippen LogP contribution in [-0.2, 0) is 4.74 Å². The number of aryl methyl sites for hydroxylation is 1. The molecule has 1 aromatic rings. The van der Waals surface area contributed by atoms with E-state index in [0.717, 1.165) is 15.9 Å². The number of pyridine rings is 1. The Morgan fingerprint density at radius 1 is 1.62 bits per heavy atom. The first-order valence-corrected chi connectivity index (χ1v) is 5.95. The van der Waals surface area contributed by atoms with E-state index in [-0.39, 0.29) is 12.6 Å². The maximum atomic E-state index is 8.92. The van der Waals surface area contributed by atoms with Gasteiger partial charge in [-0.2, -0.15) is 0 Å². The molecule has 0 saturated carbocycles. The Bertz CT molecular complexity index is 328. The first-order valence-electron chi connectivity index (χ1n) is 5.16. The van der Waals surface area contributed by atoms with Crippen molar-refractivity contribution in [2.75, 3.05) is 25.6 Å². The highest BCUT2D eigenvalue weighted by atomic mass is 79.9. The number of rotatable bonds is 6. The zero-order valence-corrected chi connectivity index (χ0v) is 11.1. The molecule has 0 aliphatic heterocycles. The molecule has 0 amide bonds. The maximum absolute atomic E-state index is 8.92. The second-order valence-electron chi connectivity index (χ2n) is 3.63. The Kier molecular flexibility index (Phi) is 5.73. The fourth-order valence-corrected chi connectivity index (χ4v) is 1.60. The number of methoxy groups -OCH3 is 1. The fraction of sp³-hybridized carbons (Fsp3) is 0.545. The second-order valence-corrected chi connectivity index (χ2v) is 4.48. The third kappa shape index (κ3) is 4.08. The highest BCUT2D eigenvalue weighted by Gasteiger charge is 2.08. The molecule has 0 aromatic carbocycles. The largest absolute Gasteiger partial charge is 0.396 e. The normalized spacial score (nSPS) is 12.5. The predicted octanol–water partition coefficient (Wildman–Crippen LogP) is 1.96. The first-order chi connectivity index (χ1) is 7.67. The van der Waals surface area contributed by atoms with Crippen LogP contribution in [0.1, 0.15) is 12.0 Å². The first kappa shape index (κ1) is 13.4. The third-order valence-corrected chi connectivity index (χ3v) is 3.07. The quantitative estimate of drug-likeness (QED) is 0.840. The van der Waals surface area contributed by atoms with E-state index in [2.05, 4.69) is 26.2 Å². The molecule has 2 N–H and O–H groups in total. The Balaban J connectivity index is 2.65. The minimum atomic E-state index is 0.0862. The van der Waals surface area contributed by atoms with Crippen LogP contribution in [0.5, 0.6) is 0 Å². The van der Waals surface area contributed by atoms with Crippen molar-refractivity contribution in [2.45, 2.75) is 19.4 Å². The molecule has 0 saturated heterocycles. The number of hydrogen-bond acceptors (Lipinski definition) is 4. The number of halogens is 1. The lowest BCUT2D eigenvalue weighted by Crippen LogP contribution is -2.26. The van der Waals surface area contributed by atoms with Gasteiger partial charge in [-0.3, -0.25) is 0 Å². The smallest absolute Gasteiger partial charge is 0.126 e. The van der Waals surface area contributed by atoms with E-state index in [1.807, 2.05) is 13.0 Å². The van der Waals surface area contributed by atoms with Gasteiger partial charge in [0.15, 0.2) is 0 Å². The zero-order chi connectivity index (χ0) is 12.0. The van der Waals surface area contributed by atoms with Gasteiger partial charge in [0, 0.05) is 24.4 Å². The van der Waals surface area contributed by atoms with Crippen molar-refractivity contribution in [3.8, 4) is 0 Å². The van der Waals surface area contributed by atoms with Crippen LogP contribution in [0, 0.1) is 6.92 Å². The van der Waals surface area contributed by atoms with E-state index in [0.29, 0.717) is 13.0 Å². The molecule has 1 heterocycles. The van der Waals surface area contributed by atoms with Gasteiger partial charge in [0.05, 0.1) is 12.6 Å². The van der Waals surface area contributed by atoms with Gasteiger partial charge in [0.25, 0.3) is 0 Å². The maximum Gasteiger partial charge on any atom is 0.126 e. The fourth-order valence-electron chi connectivity index (χ4n) is 1.38. The Hall–Kier alpha value is -0.650. The summed E-state index contributed by atoms with van der Waals surface area (Å²) < 4.78 is 6.06. The molecular weight excluding hydrogens is 272 g/mol. The second kappa shape index (κ2) is 6.83. The van der Waals surface area contributed by atoms with Gasteiger partial charge in [0.2, 0.25) is 0 Å². The minimum Gasteiger partial charge on any atom is -0.396 e. The average molecular weight is 289 g/mol. The van der Waals surface area contributed by atoms with Crippen molar-refractivity contribution in [2.24, 2.45) is 0 Å². The highest BCUT2D eigenvalue weighted by Crippen LogP contribution is 2.18. The minimum absolute atomic E-state index is 0.0862. The van der Waals surface area contributed by atoms with Crippen LogP contribution in [0.2, 0.25) is 0 Å². The summed E-state index contributed by atoms with van der Waals surface area (Å²) in [6.07, 6.45) is 2.41. The van der Waals surface area contributed by atoms with Gasteiger partial charge in [-0.1, -0.05) is 0 Å². The summed E-state index contributed by atoms with van der Waals surface area (Å²) >= 11 is 3.40. The average Bonchev–Trinajstić information content (AvgIpc) is 2.24. The molecule has 0 bridgehead atoms. The number of aliphatic hydroxyl groups is 1. The number of anilines is 1. The number of ether oxygens (including phenoxy) is 1. The van der Waals surface area contributed by atoms with E-state index in [9.17, 15) is 0 Å². The standard InChI is InChI=1S/C11H17BrN2O2/c1-8-5-11(13-6-10(8)12)14-9(3-4-15)7-16-2/h5-6,9,15H,3-4,7H2,1-2H3,(H,13,14). The van der Waals surface area contributed by atoms with Crippen molar-refractivity contribution in [1.82, 2.24) is 4.98 Å². The number of nitrogens with one attached hydrogen (secondary N) is 1. The van der Waals surface area contributed by atoms with Crippen molar-refractivity contribution >= 4 is 21.7 Å². The van der Waals surface area contributed by atoms with E-state index in [4.69, 9.17) is 9.84 Å². The predicted molar refractivity (Wildman–Crippen MR) is 67.7 cm³/mol. The molecule has 1 atom stereocenters. The summed E-state index contributed by atoms with van der Waals surface area (Å²) in [5.41, 5.74) is 1.12. The Morgan fingerprint density at radius 3 is 2.94 bits per heavy atom. The van der Waals surface area contributed by atoms with Crippen molar-refractivity contribution in [1.29, 1.82) is 0 Å². The van der Waals surface area contributed by atoms with E-state index < -0.39 is 0 Å². The van der Waals surface area contributed by atoms with Gasteiger partial charge >= 0.3 is 0 Å². The molecule has 1 unspecified atom stereocenters. The molecule has 1 rings (SSSR count). The van der Waals surface area contributed by atoms with Crippen LogP contribution in [0.3, 0.4) is 0 Å². The van der Waals surface area contributed by atoms with Gasteiger partial charge < -0.3 is 15.2 Å². The number of nitrogens with zero attached hydrogens (tertiary/aromatic N) is 1. The SMILES string of the molecule is COCC(CCO)Nc1cc(C)c(Br)cn1. The topological polar surface area (TPSA) is 54.4 Å². The number of aromatic nitrogens is 1. The lowest BCUT2D eigenvalue weighted by Gasteiger charge is -2.17. The molecule has 16 heavy (non-hydrogen) atoms. The van der Waals surface area contributed by atoms with Crippen LogP contribution in [0.15, 0.2) is 16.7 Å². The van der Waals surface area contributed by atoms with Crippen LogP contribution in [0.4, 0.5) is 5.82 Å². The molecule has 0 radical (unpaired) electrons.